The van der Waals surface area contributed by atoms with Crippen LogP contribution in [0.2, 0.25) is 0 Å². The van der Waals surface area contributed by atoms with E-state index in [1.54, 1.807) is 0 Å². The number of rotatable bonds is 14. The highest BCUT2D eigenvalue weighted by Gasteiger charge is 2.30. The van der Waals surface area contributed by atoms with E-state index < -0.39 is 54.5 Å². The van der Waals surface area contributed by atoms with Crippen molar-refractivity contribution in [3.8, 4) is 0 Å². The summed E-state index contributed by atoms with van der Waals surface area (Å²) in [5.74, 6) is -3.21. The van der Waals surface area contributed by atoms with Gasteiger partial charge >= 0.3 is 5.97 Å². The van der Waals surface area contributed by atoms with Crippen LogP contribution in [0.5, 0.6) is 0 Å². The van der Waals surface area contributed by atoms with E-state index in [-0.39, 0.29) is 18.8 Å². The fraction of sp³-hybridized carbons (Fsp3) is 0.778. The first-order chi connectivity index (χ1) is 13.5. The zero-order chi connectivity index (χ0) is 22.6. The van der Waals surface area contributed by atoms with E-state index in [1.807, 2.05) is 13.8 Å². The van der Waals surface area contributed by atoms with Crippen LogP contribution < -0.4 is 27.4 Å². The van der Waals surface area contributed by atoms with E-state index >= 15 is 0 Å². The highest BCUT2D eigenvalue weighted by molar-refractivity contribution is 5.94. The van der Waals surface area contributed by atoms with Gasteiger partial charge in [-0.1, -0.05) is 13.8 Å². The standard InChI is InChI=1S/C18H35N5O6/c1-10(2)8-13(16(26)21-12(18(28)29)6-4-5-7-19)22-17(27)14(9-24)23-15(25)11(3)20/h10-14,24H,4-9,19-20H2,1-3H3,(H,21,26)(H,22,27)(H,23,25)(H,28,29). The predicted molar refractivity (Wildman–Crippen MR) is 107 cm³/mol. The van der Waals surface area contributed by atoms with Gasteiger partial charge in [0.05, 0.1) is 12.6 Å². The SMILES string of the molecule is CC(C)CC(NC(=O)C(CO)NC(=O)C(C)N)C(=O)NC(CCCCN)C(=O)O. The van der Waals surface area contributed by atoms with Gasteiger partial charge in [0.15, 0.2) is 0 Å². The van der Waals surface area contributed by atoms with Gasteiger partial charge in [-0.15, -0.1) is 0 Å². The number of amides is 3. The van der Waals surface area contributed by atoms with Crippen molar-refractivity contribution in [2.24, 2.45) is 17.4 Å². The van der Waals surface area contributed by atoms with Crippen LogP contribution in [0.15, 0.2) is 0 Å². The Hall–Kier alpha value is -2.24. The van der Waals surface area contributed by atoms with Crippen molar-refractivity contribution in [2.75, 3.05) is 13.2 Å². The Bertz CT molecular complexity index is 555. The number of nitrogens with two attached hydrogens (primary N) is 2. The number of hydrogen-bond acceptors (Lipinski definition) is 7. The second-order valence-corrected chi connectivity index (χ2v) is 7.41. The average molecular weight is 418 g/mol. The van der Waals surface area contributed by atoms with Crippen LogP contribution in [0.4, 0.5) is 0 Å². The summed E-state index contributed by atoms with van der Waals surface area (Å²) in [5, 5.41) is 25.9. The molecule has 0 saturated heterocycles. The fourth-order valence-electron chi connectivity index (χ4n) is 2.49. The molecule has 11 heteroatoms. The van der Waals surface area contributed by atoms with Crippen LogP contribution in [-0.2, 0) is 19.2 Å². The van der Waals surface area contributed by atoms with E-state index in [0.717, 1.165) is 0 Å². The predicted octanol–water partition coefficient (Wildman–Crippen LogP) is -1.96. The molecule has 0 bridgehead atoms. The van der Waals surface area contributed by atoms with Crippen molar-refractivity contribution >= 4 is 23.7 Å². The van der Waals surface area contributed by atoms with Gasteiger partial charge in [-0.3, -0.25) is 14.4 Å². The van der Waals surface area contributed by atoms with Crippen molar-refractivity contribution in [3.05, 3.63) is 0 Å². The molecule has 29 heavy (non-hydrogen) atoms. The van der Waals surface area contributed by atoms with Crippen molar-refractivity contribution in [2.45, 2.75) is 70.6 Å². The Balaban J connectivity index is 5.16. The summed E-state index contributed by atoms with van der Waals surface area (Å²) in [7, 11) is 0. The van der Waals surface area contributed by atoms with E-state index in [9.17, 15) is 29.4 Å². The van der Waals surface area contributed by atoms with Crippen molar-refractivity contribution in [1.82, 2.24) is 16.0 Å². The quantitative estimate of drug-likeness (QED) is 0.158. The van der Waals surface area contributed by atoms with Crippen molar-refractivity contribution in [3.63, 3.8) is 0 Å². The summed E-state index contributed by atoms with van der Waals surface area (Å²) >= 11 is 0. The second kappa shape index (κ2) is 13.9. The van der Waals surface area contributed by atoms with Crippen LogP contribution in [0.25, 0.3) is 0 Å². The molecule has 168 valence electrons. The van der Waals surface area contributed by atoms with Crippen molar-refractivity contribution < 1.29 is 29.4 Å². The van der Waals surface area contributed by atoms with Gasteiger partial charge in [-0.2, -0.15) is 0 Å². The molecule has 0 fully saturated rings. The maximum Gasteiger partial charge on any atom is 0.326 e. The third-order valence-corrected chi connectivity index (χ3v) is 4.13. The van der Waals surface area contributed by atoms with Gasteiger partial charge in [0, 0.05) is 0 Å². The lowest BCUT2D eigenvalue weighted by Crippen LogP contribution is -2.58. The van der Waals surface area contributed by atoms with Crippen molar-refractivity contribution in [1.29, 1.82) is 0 Å². The molecule has 0 aromatic rings. The molecule has 9 N–H and O–H groups in total. The molecule has 0 spiro atoms. The average Bonchev–Trinajstić information content (AvgIpc) is 2.63. The van der Waals surface area contributed by atoms with Crippen LogP contribution in [-0.4, -0.2) is 71.2 Å². The maximum absolute atomic E-state index is 12.6. The smallest absolute Gasteiger partial charge is 0.326 e. The molecule has 4 atom stereocenters. The van der Waals surface area contributed by atoms with Crippen LogP contribution in [0.1, 0.15) is 46.5 Å². The van der Waals surface area contributed by atoms with Gasteiger partial charge in [0.2, 0.25) is 17.7 Å². The largest absolute Gasteiger partial charge is 0.480 e. The lowest BCUT2D eigenvalue weighted by molar-refractivity contribution is -0.142. The minimum atomic E-state index is -1.28. The zero-order valence-electron chi connectivity index (χ0n) is 17.3. The number of aliphatic carboxylic acids is 1. The Morgan fingerprint density at radius 1 is 0.862 bits per heavy atom. The topological polar surface area (TPSA) is 197 Å². The molecule has 0 heterocycles. The summed E-state index contributed by atoms with van der Waals surface area (Å²) in [5.41, 5.74) is 10.8. The molecule has 0 aromatic heterocycles. The molecule has 0 saturated carbocycles. The van der Waals surface area contributed by atoms with Crippen LogP contribution >= 0.6 is 0 Å². The first kappa shape index (κ1) is 26.8. The molecule has 0 rings (SSSR count). The Morgan fingerprint density at radius 2 is 1.38 bits per heavy atom. The lowest BCUT2D eigenvalue weighted by Gasteiger charge is -2.25. The molecule has 11 nitrogen and oxygen atoms in total. The molecule has 0 aliphatic heterocycles. The molecule has 0 aliphatic rings. The van der Waals surface area contributed by atoms with Crippen LogP contribution in [0, 0.1) is 5.92 Å². The van der Waals surface area contributed by atoms with Gasteiger partial charge in [0.25, 0.3) is 0 Å². The van der Waals surface area contributed by atoms with Crippen LogP contribution in [0.3, 0.4) is 0 Å². The third kappa shape index (κ3) is 10.8. The number of carbonyl (C=O) groups is 4. The normalized spacial score (nSPS) is 15.1. The summed E-state index contributed by atoms with van der Waals surface area (Å²) in [6, 6.07) is -4.29. The maximum atomic E-state index is 12.6. The van der Waals surface area contributed by atoms with Gasteiger partial charge in [0.1, 0.15) is 18.1 Å². The summed E-state index contributed by atoms with van der Waals surface area (Å²) in [4.78, 5) is 48.1. The van der Waals surface area contributed by atoms with E-state index in [2.05, 4.69) is 16.0 Å². The molecular formula is C18H35N5O6. The third-order valence-electron chi connectivity index (χ3n) is 4.13. The second-order valence-electron chi connectivity index (χ2n) is 7.41. The molecule has 3 amide bonds. The number of aliphatic hydroxyl groups excluding tert-OH is 1. The molecule has 0 radical (unpaired) electrons. The minimum Gasteiger partial charge on any atom is -0.480 e. The number of carboxylic acids is 1. The summed E-state index contributed by atoms with van der Waals surface area (Å²) < 4.78 is 0. The Morgan fingerprint density at radius 3 is 1.83 bits per heavy atom. The molecule has 4 unspecified atom stereocenters. The first-order valence-electron chi connectivity index (χ1n) is 9.73. The summed E-state index contributed by atoms with van der Waals surface area (Å²) in [6.45, 7) is 4.83. The number of nitrogens with one attached hydrogen (secondary N) is 3. The van der Waals surface area contributed by atoms with Gasteiger partial charge in [-0.05, 0) is 45.1 Å². The zero-order valence-corrected chi connectivity index (χ0v) is 17.3. The van der Waals surface area contributed by atoms with E-state index in [1.165, 1.54) is 6.92 Å². The monoisotopic (exact) mass is 417 g/mol. The molecule has 0 aliphatic carbocycles. The Kier molecular flexibility index (Phi) is 12.8. The van der Waals surface area contributed by atoms with E-state index in [4.69, 9.17) is 11.5 Å². The lowest BCUT2D eigenvalue weighted by atomic mass is 10.0. The number of carboxylic acid groups (broad SMARTS) is 1. The highest BCUT2D eigenvalue weighted by Crippen LogP contribution is 2.08. The number of carbonyl (C=O) groups excluding carboxylic acids is 3. The first-order valence-corrected chi connectivity index (χ1v) is 9.73. The minimum absolute atomic E-state index is 0.0119. The highest BCUT2D eigenvalue weighted by atomic mass is 16.4. The van der Waals surface area contributed by atoms with Gasteiger partial charge in [-0.25, -0.2) is 4.79 Å². The van der Waals surface area contributed by atoms with E-state index in [0.29, 0.717) is 19.4 Å². The number of hydrogen-bond donors (Lipinski definition) is 7. The molecular weight excluding hydrogens is 382 g/mol. The summed E-state index contributed by atoms with van der Waals surface area (Å²) in [6.07, 6.45) is 1.62. The van der Waals surface area contributed by atoms with Gasteiger partial charge < -0.3 is 37.6 Å². The fourth-order valence-corrected chi connectivity index (χ4v) is 2.49. The molecule has 0 aromatic carbocycles. The number of unbranched alkanes of at least 4 members (excludes halogenated alkanes) is 1. The Labute approximate surface area is 171 Å². The number of aliphatic hydroxyl groups is 1.